The summed E-state index contributed by atoms with van der Waals surface area (Å²) in [6, 6.07) is 0.506. The minimum absolute atomic E-state index is 0.506. The first-order valence-electron chi connectivity index (χ1n) is 5.21. The van der Waals surface area contributed by atoms with Gasteiger partial charge in [0.05, 0.1) is 6.61 Å². The van der Waals surface area contributed by atoms with Gasteiger partial charge in [-0.05, 0) is 32.7 Å². The second-order valence-electron chi connectivity index (χ2n) is 3.28. The summed E-state index contributed by atoms with van der Waals surface area (Å²) in [6.07, 6.45) is 6.55. The number of likely N-dealkylation sites (N-methyl/N-ethyl adjacent to an activating group) is 1. The lowest BCUT2D eigenvalue weighted by Crippen LogP contribution is -2.30. The van der Waals surface area contributed by atoms with Crippen molar-refractivity contribution in [2.24, 2.45) is 0 Å². The average molecular weight is 185 g/mol. The van der Waals surface area contributed by atoms with Crippen LogP contribution in [-0.2, 0) is 4.74 Å². The molecule has 0 aromatic carbocycles. The summed E-state index contributed by atoms with van der Waals surface area (Å²) in [5, 5.41) is 3.26. The van der Waals surface area contributed by atoms with Gasteiger partial charge in [0.15, 0.2) is 0 Å². The highest BCUT2D eigenvalue weighted by Crippen LogP contribution is 2.01. The predicted molar refractivity (Wildman–Crippen MR) is 58.0 cm³/mol. The molecule has 0 radical (unpaired) electrons. The van der Waals surface area contributed by atoms with E-state index in [1.807, 2.05) is 13.1 Å². The minimum atomic E-state index is 0.506. The quantitative estimate of drug-likeness (QED) is 0.440. The molecule has 0 aliphatic carbocycles. The maximum Gasteiger partial charge on any atom is 0.0619 e. The Morgan fingerprint density at radius 2 is 2.31 bits per heavy atom. The van der Waals surface area contributed by atoms with Gasteiger partial charge >= 0.3 is 0 Å². The van der Waals surface area contributed by atoms with Crippen molar-refractivity contribution in [2.45, 2.75) is 38.6 Å². The van der Waals surface area contributed by atoms with E-state index in [0.717, 1.165) is 26.1 Å². The normalized spacial score (nSPS) is 12.8. The van der Waals surface area contributed by atoms with Crippen LogP contribution in [0.2, 0.25) is 0 Å². The Labute approximate surface area is 82.4 Å². The van der Waals surface area contributed by atoms with Crippen molar-refractivity contribution >= 4 is 0 Å². The monoisotopic (exact) mass is 185 g/mol. The standard InChI is InChI=1S/C11H23NO/c1-4-6-7-8-11(12-3)10-13-9-5-2/h4,11-12H,1,5-10H2,2-3H3. The molecule has 0 aliphatic heterocycles. The molecule has 78 valence electrons. The van der Waals surface area contributed by atoms with Crippen molar-refractivity contribution < 1.29 is 4.74 Å². The van der Waals surface area contributed by atoms with Crippen LogP contribution in [0.15, 0.2) is 12.7 Å². The predicted octanol–water partition coefficient (Wildman–Crippen LogP) is 2.36. The lowest BCUT2D eigenvalue weighted by Gasteiger charge is -2.15. The second-order valence-corrected chi connectivity index (χ2v) is 3.28. The van der Waals surface area contributed by atoms with Gasteiger partial charge in [-0.2, -0.15) is 0 Å². The molecule has 0 aromatic heterocycles. The molecule has 0 aliphatic rings. The topological polar surface area (TPSA) is 21.3 Å². The molecular formula is C11H23NO. The molecule has 1 N–H and O–H groups in total. The van der Waals surface area contributed by atoms with Crippen molar-refractivity contribution in [3.8, 4) is 0 Å². The van der Waals surface area contributed by atoms with E-state index < -0.39 is 0 Å². The molecule has 0 heterocycles. The highest BCUT2D eigenvalue weighted by Gasteiger charge is 2.04. The summed E-state index contributed by atoms with van der Waals surface area (Å²) in [6.45, 7) is 7.55. The highest BCUT2D eigenvalue weighted by molar-refractivity contribution is 4.70. The van der Waals surface area contributed by atoms with Gasteiger partial charge in [-0.1, -0.05) is 13.0 Å². The maximum absolute atomic E-state index is 5.48. The van der Waals surface area contributed by atoms with E-state index >= 15 is 0 Å². The molecule has 0 spiro atoms. The van der Waals surface area contributed by atoms with Gasteiger partial charge in [0, 0.05) is 12.6 Å². The number of unbranched alkanes of at least 4 members (excludes halogenated alkanes) is 1. The van der Waals surface area contributed by atoms with E-state index in [0.29, 0.717) is 6.04 Å². The lowest BCUT2D eigenvalue weighted by atomic mass is 10.1. The van der Waals surface area contributed by atoms with Crippen LogP contribution >= 0.6 is 0 Å². The van der Waals surface area contributed by atoms with Crippen molar-refractivity contribution in [1.82, 2.24) is 5.32 Å². The van der Waals surface area contributed by atoms with Gasteiger partial charge in [0.25, 0.3) is 0 Å². The number of nitrogens with one attached hydrogen (secondary N) is 1. The summed E-state index contributed by atoms with van der Waals surface area (Å²) in [7, 11) is 1.99. The maximum atomic E-state index is 5.48. The molecule has 0 fully saturated rings. The third-order valence-electron chi connectivity index (χ3n) is 2.04. The first-order valence-corrected chi connectivity index (χ1v) is 5.21. The Morgan fingerprint density at radius 3 is 2.85 bits per heavy atom. The zero-order valence-corrected chi connectivity index (χ0v) is 9.01. The summed E-state index contributed by atoms with van der Waals surface area (Å²) in [5.41, 5.74) is 0. The molecule has 0 saturated carbocycles. The van der Waals surface area contributed by atoms with E-state index in [2.05, 4.69) is 18.8 Å². The fraction of sp³-hybridized carbons (Fsp3) is 0.818. The van der Waals surface area contributed by atoms with Crippen molar-refractivity contribution in [3.63, 3.8) is 0 Å². The molecule has 13 heavy (non-hydrogen) atoms. The van der Waals surface area contributed by atoms with Crippen LogP contribution in [0.1, 0.15) is 32.6 Å². The van der Waals surface area contributed by atoms with Gasteiger partial charge in [-0.25, -0.2) is 0 Å². The van der Waals surface area contributed by atoms with Gasteiger partial charge in [-0.15, -0.1) is 6.58 Å². The summed E-state index contributed by atoms with van der Waals surface area (Å²) < 4.78 is 5.48. The van der Waals surface area contributed by atoms with Crippen LogP contribution in [0, 0.1) is 0 Å². The molecule has 2 heteroatoms. The molecule has 0 aromatic rings. The summed E-state index contributed by atoms with van der Waals surface area (Å²) >= 11 is 0. The van der Waals surface area contributed by atoms with Crippen LogP contribution in [0.4, 0.5) is 0 Å². The fourth-order valence-corrected chi connectivity index (χ4v) is 1.19. The number of hydrogen-bond acceptors (Lipinski definition) is 2. The van der Waals surface area contributed by atoms with Crippen LogP contribution in [0.25, 0.3) is 0 Å². The minimum Gasteiger partial charge on any atom is -0.380 e. The molecule has 0 amide bonds. The van der Waals surface area contributed by atoms with Crippen LogP contribution in [0.3, 0.4) is 0 Å². The first kappa shape index (κ1) is 12.7. The molecular weight excluding hydrogens is 162 g/mol. The highest BCUT2D eigenvalue weighted by atomic mass is 16.5. The third kappa shape index (κ3) is 8.00. The van der Waals surface area contributed by atoms with Gasteiger partial charge in [0.2, 0.25) is 0 Å². The smallest absolute Gasteiger partial charge is 0.0619 e. The Hall–Kier alpha value is -0.340. The van der Waals surface area contributed by atoms with E-state index in [-0.39, 0.29) is 0 Å². The molecule has 0 rings (SSSR count). The Bertz CT molecular complexity index is 115. The molecule has 1 unspecified atom stereocenters. The van der Waals surface area contributed by atoms with Crippen molar-refractivity contribution in [3.05, 3.63) is 12.7 Å². The van der Waals surface area contributed by atoms with Gasteiger partial charge < -0.3 is 10.1 Å². The van der Waals surface area contributed by atoms with Crippen molar-refractivity contribution in [2.75, 3.05) is 20.3 Å². The van der Waals surface area contributed by atoms with E-state index in [1.54, 1.807) is 0 Å². The lowest BCUT2D eigenvalue weighted by molar-refractivity contribution is 0.111. The zero-order valence-electron chi connectivity index (χ0n) is 9.01. The number of allylic oxidation sites excluding steroid dienone is 1. The Balaban J connectivity index is 3.33. The SMILES string of the molecule is C=CCCCC(COCCC)NC. The molecule has 2 nitrogen and oxygen atoms in total. The largest absolute Gasteiger partial charge is 0.380 e. The first-order chi connectivity index (χ1) is 6.35. The van der Waals surface area contributed by atoms with E-state index in [1.165, 1.54) is 12.8 Å². The van der Waals surface area contributed by atoms with Crippen LogP contribution < -0.4 is 5.32 Å². The van der Waals surface area contributed by atoms with Crippen LogP contribution in [0.5, 0.6) is 0 Å². The number of hydrogen-bond donors (Lipinski definition) is 1. The van der Waals surface area contributed by atoms with E-state index in [4.69, 9.17) is 4.74 Å². The number of ether oxygens (including phenoxy) is 1. The fourth-order valence-electron chi connectivity index (χ4n) is 1.19. The Morgan fingerprint density at radius 1 is 1.54 bits per heavy atom. The average Bonchev–Trinajstić information content (AvgIpc) is 2.16. The summed E-state index contributed by atoms with van der Waals surface area (Å²) in [4.78, 5) is 0. The molecule has 0 saturated heterocycles. The molecule has 1 atom stereocenters. The van der Waals surface area contributed by atoms with Crippen LogP contribution in [-0.4, -0.2) is 26.3 Å². The van der Waals surface area contributed by atoms with Crippen molar-refractivity contribution in [1.29, 1.82) is 0 Å². The van der Waals surface area contributed by atoms with Gasteiger partial charge in [0.1, 0.15) is 0 Å². The Kier molecular flexibility index (Phi) is 9.49. The number of rotatable bonds is 9. The zero-order chi connectivity index (χ0) is 9.94. The summed E-state index contributed by atoms with van der Waals surface area (Å²) in [5.74, 6) is 0. The van der Waals surface area contributed by atoms with Gasteiger partial charge in [-0.3, -0.25) is 0 Å². The van der Waals surface area contributed by atoms with E-state index in [9.17, 15) is 0 Å². The molecule has 0 bridgehead atoms. The third-order valence-corrected chi connectivity index (χ3v) is 2.04. The second kappa shape index (κ2) is 9.75.